The normalized spacial score (nSPS) is 12.4. The molecule has 0 aromatic heterocycles. The summed E-state index contributed by atoms with van der Waals surface area (Å²) in [4.78, 5) is 0. The summed E-state index contributed by atoms with van der Waals surface area (Å²) in [6.07, 6.45) is 51.8. The molecule has 39 heavy (non-hydrogen) atoms. The molecule has 0 aliphatic rings. The van der Waals surface area contributed by atoms with Gasteiger partial charge in [-0.3, -0.25) is 0 Å². The summed E-state index contributed by atoms with van der Waals surface area (Å²) in [5.74, 6) is 1.04. The highest BCUT2D eigenvalue weighted by Gasteiger charge is 2.09. The van der Waals surface area contributed by atoms with E-state index in [1.165, 1.54) is 225 Å². The standard InChI is InChI=1S/C39H80/c1-4-7-10-13-16-18-19-20-21-22-23-24-25-26-27-29-32-35-38-39(36-33-30-15-12-9-6-3)37-34-31-28-17-14-11-8-5-2/h39H,4-38H2,1-3H3. The van der Waals surface area contributed by atoms with Gasteiger partial charge in [0.05, 0.1) is 0 Å². The summed E-state index contributed by atoms with van der Waals surface area (Å²) < 4.78 is 0. The maximum absolute atomic E-state index is 2.33. The number of rotatable bonds is 35. The van der Waals surface area contributed by atoms with E-state index in [0.29, 0.717) is 0 Å². The van der Waals surface area contributed by atoms with E-state index >= 15 is 0 Å². The van der Waals surface area contributed by atoms with Crippen molar-refractivity contribution in [2.24, 2.45) is 5.92 Å². The first kappa shape index (κ1) is 39.0. The zero-order valence-corrected chi connectivity index (χ0v) is 28.3. The first-order chi connectivity index (χ1) is 19.3. The minimum Gasteiger partial charge on any atom is -0.0654 e. The van der Waals surface area contributed by atoms with Crippen molar-refractivity contribution in [3.05, 3.63) is 0 Å². The second-order valence-electron chi connectivity index (χ2n) is 13.5. The van der Waals surface area contributed by atoms with Crippen molar-refractivity contribution >= 4 is 0 Å². The van der Waals surface area contributed by atoms with Gasteiger partial charge in [-0.2, -0.15) is 0 Å². The van der Waals surface area contributed by atoms with Crippen LogP contribution in [-0.2, 0) is 0 Å². The van der Waals surface area contributed by atoms with Crippen LogP contribution in [0, 0.1) is 5.92 Å². The van der Waals surface area contributed by atoms with Crippen LogP contribution in [0.1, 0.15) is 245 Å². The second-order valence-corrected chi connectivity index (χ2v) is 13.5. The van der Waals surface area contributed by atoms with Gasteiger partial charge in [-0.15, -0.1) is 0 Å². The van der Waals surface area contributed by atoms with Crippen molar-refractivity contribution in [1.82, 2.24) is 0 Å². The summed E-state index contributed by atoms with van der Waals surface area (Å²) in [6, 6.07) is 0. The van der Waals surface area contributed by atoms with E-state index in [9.17, 15) is 0 Å². The highest BCUT2D eigenvalue weighted by Crippen LogP contribution is 2.25. The van der Waals surface area contributed by atoms with Crippen LogP contribution in [0.4, 0.5) is 0 Å². The van der Waals surface area contributed by atoms with Gasteiger partial charge in [0.2, 0.25) is 0 Å². The number of unbranched alkanes of at least 4 members (excludes halogenated alkanes) is 29. The molecule has 1 atom stereocenters. The van der Waals surface area contributed by atoms with E-state index in [0.717, 1.165) is 5.92 Å². The Morgan fingerprint density at radius 3 is 0.538 bits per heavy atom. The van der Waals surface area contributed by atoms with Crippen molar-refractivity contribution in [1.29, 1.82) is 0 Å². The van der Waals surface area contributed by atoms with Gasteiger partial charge >= 0.3 is 0 Å². The molecule has 0 spiro atoms. The smallest absolute Gasteiger partial charge is 0.0414 e. The molecular formula is C39H80. The SMILES string of the molecule is CCCCCCCCCCCCCCCCCCCCC(CCCCCCCC)CCCCCCCCCC. The third kappa shape index (κ3) is 34.1. The molecule has 0 aliphatic heterocycles. The molecule has 0 fully saturated rings. The van der Waals surface area contributed by atoms with E-state index in [1.807, 2.05) is 0 Å². The van der Waals surface area contributed by atoms with Gasteiger partial charge in [0, 0.05) is 0 Å². The maximum Gasteiger partial charge on any atom is -0.0414 e. The molecule has 1 unspecified atom stereocenters. The summed E-state index contributed by atoms with van der Waals surface area (Å²) in [5.41, 5.74) is 0. The van der Waals surface area contributed by atoms with Crippen LogP contribution >= 0.6 is 0 Å². The van der Waals surface area contributed by atoms with Gasteiger partial charge in [0.25, 0.3) is 0 Å². The van der Waals surface area contributed by atoms with Gasteiger partial charge in [-0.05, 0) is 5.92 Å². The van der Waals surface area contributed by atoms with Crippen LogP contribution in [-0.4, -0.2) is 0 Å². The third-order valence-electron chi connectivity index (χ3n) is 9.40. The molecular weight excluding hydrogens is 468 g/mol. The van der Waals surface area contributed by atoms with Crippen molar-refractivity contribution in [2.45, 2.75) is 245 Å². The van der Waals surface area contributed by atoms with Crippen molar-refractivity contribution in [2.75, 3.05) is 0 Å². The molecule has 0 saturated carbocycles. The van der Waals surface area contributed by atoms with E-state index in [4.69, 9.17) is 0 Å². The van der Waals surface area contributed by atoms with Crippen LogP contribution in [0.3, 0.4) is 0 Å². The Kier molecular flexibility index (Phi) is 36.0. The quantitative estimate of drug-likeness (QED) is 0.0691. The average Bonchev–Trinajstić information content (AvgIpc) is 2.95. The zero-order valence-electron chi connectivity index (χ0n) is 28.3. The highest BCUT2D eigenvalue weighted by atomic mass is 14.1. The lowest BCUT2D eigenvalue weighted by molar-refractivity contribution is 0.365. The molecule has 0 aromatic rings. The molecule has 0 amide bonds. The van der Waals surface area contributed by atoms with E-state index in [1.54, 1.807) is 0 Å². The lowest BCUT2D eigenvalue weighted by atomic mass is 9.89. The predicted octanol–water partition coefficient (Wildman–Crippen LogP) is 15.3. The first-order valence-electron chi connectivity index (χ1n) is 19.3. The molecule has 236 valence electrons. The minimum atomic E-state index is 1.04. The molecule has 0 rings (SSSR count). The second kappa shape index (κ2) is 36.0. The largest absolute Gasteiger partial charge is 0.0654 e. The molecule has 0 aromatic carbocycles. The summed E-state index contributed by atoms with van der Waals surface area (Å²) in [7, 11) is 0. The van der Waals surface area contributed by atoms with Crippen LogP contribution in [0.15, 0.2) is 0 Å². The summed E-state index contributed by atoms with van der Waals surface area (Å²) in [5, 5.41) is 0. The summed E-state index contributed by atoms with van der Waals surface area (Å²) >= 11 is 0. The Labute approximate surface area is 251 Å². The maximum atomic E-state index is 2.33. The predicted molar refractivity (Wildman–Crippen MR) is 182 cm³/mol. The molecule has 0 heteroatoms. The zero-order chi connectivity index (χ0) is 28.3. The molecule has 0 aliphatic carbocycles. The van der Waals surface area contributed by atoms with Crippen LogP contribution in [0.2, 0.25) is 0 Å². The Morgan fingerprint density at radius 1 is 0.205 bits per heavy atom. The lowest BCUT2D eigenvalue weighted by Gasteiger charge is -2.17. The molecule has 0 radical (unpaired) electrons. The van der Waals surface area contributed by atoms with Gasteiger partial charge in [0.15, 0.2) is 0 Å². The first-order valence-corrected chi connectivity index (χ1v) is 19.3. The fourth-order valence-electron chi connectivity index (χ4n) is 6.55. The Balaban J connectivity index is 3.64. The van der Waals surface area contributed by atoms with Crippen molar-refractivity contribution in [3.63, 3.8) is 0 Å². The van der Waals surface area contributed by atoms with Gasteiger partial charge < -0.3 is 0 Å². The number of hydrogen-bond donors (Lipinski definition) is 0. The third-order valence-corrected chi connectivity index (χ3v) is 9.40. The molecule has 0 bridgehead atoms. The fraction of sp³-hybridized carbons (Fsp3) is 1.00. The van der Waals surface area contributed by atoms with E-state index in [-0.39, 0.29) is 0 Å². The van der Waals surface area contributed by atoms with Crippen molar-refractivity contribution < 1.29 is 0 Å². The average molecular weight is 549 g/mol. The Hall–Kier alpha value is 0. The van der Waals surface area contributed by atoms with Gasteiger partial charge in [-0.1, -0.05) is 245 Å². The van der Waals surface area contributed by atoms with Gasteiger partial charge in [-0.25, -0.2) is 0 Å². The topological polar surface area (TPSA) is 0 Å². The monoisotopic (exact) mass is 549 g/mol. The highest BCUT2D eigenvalue weighted by molar-refractivity contribution is 4.62. The van der Waals surface area contributed by atoms with Crippen LogP contribution in [0.5, 0.6) is 0 Å². The number of hydrogen-bond acceptors (Lipinski definition) is 0. The molecule has 0 nitrogen and oxygen atoms in total. The van der Waals surface area contributed by atoms with Crippen LogP contribution < -0.4 is 0 Å². The van der Waals surface area contributed by atoms with E-state index < -0.39 is 0 Å². The van der Waals surface area contributed by atoms with Crippen molar-refractivity contribution in [3.8, 4) is 0 Å². The molecule has 0 heterocycles. The fourth-order valence-corrected chi connectivity index (χ4v) is 6.55. The van der Waals surface area contributed by atoms with Gasteiger partial charge in [0.1, 0.15) is 0 Å². The van der Waals surface area contributed by atoms with E-state index in [2.05, 4.69) is 20.8 Å². The Morgan fingerprint density at radius 2 is 0.359 bits per heavy atom. The summed E-state index contributed by atoms with van der Waals surface area (Å²) in [6.45, 7) is 6.97. The molecule has 0 saturated heterocycles. The minimum absolute atomic E-state index is 1.04. The molecule has 0 N–H and O–H groups in total. The van der Waals surface area contributed by atoms with Crippen LogP contribution in [0.25, 0.3) is 0 Å². The lowest BCUT2D eigenvalue weighted by Crippen LogP contribution is -2.01. The Bertz CT molecular complexity index is 399.